The van der Waals surface area contributed by atoms with Crippen LogP contribution < -0.4 is 5.32 Å². The number of aliphatic hydroxyl groups excluding tert-OH is 2. The number of ether oxygens (including phenoxy) is 1. The highest BCUT2D eigenvalue weighted by atomic mass is 16.5. The summed E-state index contributed by atoms with van der Waals surface area (Å²) in [6, 6.07) is -0.744. The van der Waals surface area contributed by atoms with E-state index < -0.39 is 18.2 Å². The smallest absolute Gasteiger partial charge is 0.306 e. The number of rotatable bonds is 47. The van der Waals surface area contributed by atoms with Gasteiger partial charge in [0.15, 0.2) is 0 Å². The van der Waals surface area contributed by atoms with Crippen LogP contribution in [0.3, 0.4) is 0 Å². The van der Waals surface area contributed by atoms with E-state index in [-0.39, 0.29) is 24.9 Å². The lowest BCUT2D eigenvalue weighted by Gasteiger charge is -2.23. The van der Waals surface area contributed by atoms with Crippen molar-refractivity contribution in [2.45, 2.75) is 270 Å². The Labute approximate surface area is 390 Å². The van der Waals surface area contributed by atoms with E-state index in [0.29, 0.717) is 19.3 Å². The number of hydrogen-bond acceptors (Lipinski definition) is 5. The largest absolute Gasteiger partial charge is 0.458 e. The van der Waals surface area contributed by atoms with Crippen molar-refractivity contribution in [3.8, 4) is 0 Å². The van der Waals surface area contributed by atoms with E-state index in [1.807, 2.05) is 6.08 Å². The van der Waals surface area contributed by atoms with Crippen molar-refractivity contribution in [1.82, 2.24) is 5.32 Å². The Morgan fingerprint density at radius 2 is 0.825 bits per heavy atom. The molecule has 1 amide bonds. The first-order chi connectivity index (χ1) is 31.0. The van der Waals surface area contributed by atoms with Crippen molar-refractivity contribution >= 4 is 11.9 Å². The fourth-order valence-corrected chi connectivity index (χ4v) is 7.78. The first-order valence-corrected chi connectivity index (χ1v) is 26.7. The second-order valence-electron chi connectivity index (χ2n) is 17.9. The minimum atomic E-state index is -0.821. The van der Waals surface area contributed by atoms with E-state index >= 15 is 0 Å². The van der Waals surface area contributed by atoms with Crippen LogP contribution in [0.4, 0.5) is 0 Å². The number of esters is 1. The molecule has 0 saturated heterocycles. The lowest BCUT2D eigenvalue weighted by molar-refractivity contribution is -0.148. The molecule has 0 heterocycles. The van der Waals surface area contributed by atoms with Gasteiger partial charge < -0.3 is 20.3 Å². The molecule has 3 unspecified atom stereocenters. The molecule has 0 rings (SSSR count). The van der Waals surface area contributed by atoms with Gasteiger partial charge >= 0.3 is 5.97 Å². The van der Waals surface area contributed by atoms with Crippen molar-refractivity contribution < 1.29 is 24.5 Å². The highest BCUT2D eigenvalue weighted by molar-refractivity contribution is 5.78. The van der Waals surface area contributed by atoms with Crippen LogP contribution in [0.5, 0.6) is 0 Å². The van der Waals surface area contributed by atoms with Crippen LogP contribution in [-0.2, 0) is 14.3 Å². The molecule has 0 aliphatic heterocycles. The zero-order valence-electron chi connectivity index (χ0n) is 41.4. The van der Waals surface area contributed by atoms with Crippen LogP contribution in [-0.4, -0.2) is 46.9 Å². The molecular weight excluding hydrogens is 779 g/mol. The third-order valence-corrected chi connectivity index (χ3v) is 11.8. The normalized spacial score (nSPS) is 13.8. The van der Waals surface area contributed by atoms with Crippen LogP contribution in [0, 0.1) is 0 Å². The van der Waals surface area contributed by atoms with Crippen LogP contribution in [0.2, 0.25) is 0 Å². The number of nitrogens with one attached hydrogen (secondary N) is 1. The number of carbonyl (C=O) groups excluding carboxylic acids is 2. The van der Waals surface area contributed by atoms with Gasteiger partial charge in [0, 0.05) is 6.42 Å². The highest BCUT2D eigenvalue weighted by Crippen LogP contribution is 2.16. The van der Waals surface area contributed by atoms with Gasteiger partial charge in [0.05, 0.1) is 25.2 Å². The van der Waals surface area contributed by atoms with Crippen LogP contribution >= 0.6 is 0 Å². The summed E-state index contributed by atoms with van der Waals surface area (Å²) in [5.74, 6) is -0.625. The summed E-state index contributed by atoms with van der Waals surface area (Å²) in [7, 11) is 0. The molecule has 0 aromatic heterocycles. The van der Waals surface area contributed by atoms with E-state index in [2.05, 4.69) is 86.8 Å². The van der Waals surface area contributed by atoms with Crippen molar-refractivity contribution in [3.05, 3.63) is 72.9 Å². The molecule has 364 valence electrons. The number of carbonyl (C=O) groups is 2. The zero-order valence-corrected chi connectivity index (χ0v) is 41.4. The maximum absolute atomic E-state index is 13.2. The Bertz CT molecular complexity index is 1170. The van der Waals surface area contributed by atoms with E-state index in [9.17, 15) is 19.8 Å². The van der Waals surface area contributed by atoms with Gasteiger partial charge in [0.25, 0.3) is 0 Å². The van der Waals surface area contributed by atoms with E-state index in [1.165, 1.54) is 135 Å². The molecule has 6 heteroatoms. The van der Waals surface area contributed by atoms with Gasteiger partial charge in [-0.15, -0.1) is 0 Å². The number of unbranched alkanes of at least 4 members (excludes halogenated alkanes) is 25. The van der Waals surface area contributed by atoms with Gasteiger partial charge in [-0.05, 0) is 57.4 Å². The molecule has 0 aliphatic carbocycles. The second-order valence-corrected chi connectivity index (χ2v) is 17.9. The summed E-state index contributed by atoms with van der Waals surface area (Å²) in [6.45, 7) is 6.34. The van der Waals surface area contributed by atoms with Gasteiger partial charge in [0.1, 0.15) is 6.10 Å². The second kappa shape index (κ2) is 50.3. The van der Waals surface area contributed by atoms with Gasteiger partial charge in [-0.25, -0.2) is 0 Å². The number of allylic oxidation sites excluding steroid dienone is 11. The molecule has 0 spiro atoms. The summed E-state index contributed by atoms with van der Waals surface area (Å²) in [5, 5.41) is 23.7. The van der Waals surface area contributed by atoms with Crippen LogP contribution in [0.1, 0.15) is 252 Å². The van der Waals surface area contributed by atoms with Crippen LogP contribution in [0.15, 0.2) is 72.9 Å². The standard InChI is InChI=1S/C57H101NO5/c1-4-7-10-13-16-19-22-25-27-28-29-31-33-36-39-42-45-48-53(63-57(62)50-47-44-41-38-35-32-26-23-20-17-14-11-8-5-2)51-56(61)58-54(52-59)55(60)49-46-43-40-37-34-30-24-21-18-15-12-9-6-3/h7,10,16,19,25,27,29,31,36,39,45,48,53-55,59-60H,4-6,8-9,11-15,17-18,20-24,26,28,30,32-35,37-38,40-44,46-47,49-52H2,1-3H3,(H,58,61)/b10-7-,19-16-,27-25-,31-29-,39-36-,48-45-. The maximum Gasteiger partial charge on any atom is 0.306 e. The predicted molar refractivity (Wildman–Crippen MR) is 273 cm³/mol. The average Bonchev–Trinajstić information content (AvgIpc) is 3.28. The maximum atomic E-state index is 13.2. The minimum absolute atomic E-state index is 0.0470. The van der Waals surface area contributed by atoms with Gasteiger partial charge in [0.2, 0.25) is 5.91 Å². The molecule has 0 saturated carbocycles. The van der Waals surface area contributed by atoms with Crippen molar-refractivity contribution in [3.63, 3.8) is 0 Å². The molecule has 6 nitrogen and oxygen atoms in total. The summed E-state index contributed by atoms with van der Waals surface area (Å²) in [6.07, 6.45) is 64.2. The number of hydrogen-bond donors (Lipinski definition) is 3. The van der Waals surface area contributed by atoms with Gasteiger partial charge in [-0.3, -0.25) is 9.59 Å². The number of aliphatic hydroxyl groups is 2. The van der Waals surface area contributed by atoms with Crippen molar-refractivity contribution in [2.24, 2.45) is 0 Å². The Balaban J connectivity index is 4.75. The summed E-state index contributed by atoms with van der Waals surface area (Å²) < 4.78 is 5.83. The van der Waals surface area contributed by atoms with Crippen molar-refractivity contribution in [2.75, 3.05) is 6.61 Å². The Hall–Kier alpha value is -2.70. The average molecular weight is 880 g/mol. The lowest BCUT2D eigenvalue weighted by Crippen LogP contribution is -2.46. The van der Waals surface area contributed by atoms with E-state index in [4.69, 9.17) is 4.74 Å². The molecule has 0 aromatic rings. The Morgan fingerprint density at radius 1 is 0.476 bits per heavy atom. The van der Waals surface area contributed by atoms with Crippen LogP contribution in [0.25, 0.3) is 0 Å². The molecule has 0 aliphatic rings. The third kappa shape index (κ3) is 45.7. The fourth-order valence-electron chi connectivity index (χ4n) is 7.78. The summed E-state index contributed by atoms with van der Waals surface area (Å²) in [4.78, 5) is 26.1. The molecule has 0 fully saturated rings. The molecule has 0 bridgehead atoms. The molecule has 0 radical (unpaired) electrons. The van der Waals surface area contributed by atoms with Gasteiger partial charge in [-0.2, -0.15) is 0 Å². The summed E-state index contributed by atoms with van der Waals surface area (Å²) in [5.41, 5.74) is 0. The zero-order chi connectivity index (χ0) is 45.9. The topological polar surface area (TPSA) is 95.9 Å². The molecule has 3 atom stereocenters. The van der Waals surface area contributed by atoms with E-state index in [1.54, 1.807) is 6.08 Å². The quantitative estimate of drug-likeness (QED) is 0.0321. The first kappa shape index (κ1) is 60.3. The Kier molecular flexibility index (Phi) is 48.1. The monoisotopic (exact) mass is 880 g/mol. The molecular formula is C57H101NO5. The molecule has 0 aromatic carbocycles. The predicted octanol–water partition coefficient (Wildman–Crippen LogP) is 16.2. The minimum Gasteiger partial charge on any atom is -0.458 e. The summed E-state index contributed by atoms with van der Waals surface area (Å²) >= 11 is 0. The first-order valence-electron chi connectivity index (χ1n) is 26.7. The third-order valence-electron chi connectivity index (χ3n) is 11.8. The number of amides is 1. The molecule has 63 heavy (non-hydrogen) atoms. The highest BCUT2D eigenvalue weighted by Gasteiger charge is 2.23. The fraction of sp³-hybridized carbons (Fsp3) is 0.754. The molecule has 3 N–H and O–H groups in total. The van der Waals surface area contributed by atoms with E-state index in [0.717, 1.165) is 70.6 Å². The van der Waals surface area contributed by atoms with Crippen molar-refractivity contribution in [1.29, 1.82) is 0 Å². The Morgan fingerprint density at radius 3 is 1.21 bits per heavy atom. The SMILES string of the molecule is CC/C=C\C/C=C\C/C=C\C/C=C\C/C=C\C/C=C\C(CC(=O)NC(CO)C(O)CCCCCCCCCCCCCCC)OC(=O)CCCCCCCCCCCCCCCC. The van der Waals surface area contributed by atoms with Gasteiger partial charge in [-0.1, -0.05) is 255 Å². The lowest BCUT2D eigenvalue weighted by atomic mass is 10.0.